The van der Waals surface area contributed by atoms with Crippen LogP contribution in [-0.2, 0) is 19.6 Å². The predicted molar refractivity (Wildman–Crippen MR) is 124 cm³/mol. The molecule has 2 fully saturated rings. The Morgan fingerprint density at radius 2 is 1.92 bits per heavy atom. The first-order valence-corrected chi connectivity index (χ1v) is 12.9. The second-order valence-electron chi connectivity index (χ2n) is 8.69. The van der Waals surface area contributed by atoms with E-state index in [9.17, 15) is 36.4 Å². The van der Waals surface area contributed by atoms with Crippen LogP contribution in [0.3, 0.4) is 0 Å². The quantitative estimate of drug-likeness (QED) is 0.584. The largest absolute Gasteiger partial charge is 0.351 e. The highest BCUT2D eigenvalue weighted by Crippen LogP contribution is 2.39. The molecule has 0 spiro atoms. The first-order chi connectivity index (χ1) is 16.9. The summed E-state index contributed by atoms with van der Waals surface area (Å²) >= 11 is 6.35. The van der Waals surface area contributed by atoms with Crippen molar-refractivity contribution in [1.82, 2.24) is 10.0 Å². The number of halogens is 4. The van der Waals surface area contributed by atoms with Gasteiger partial charge in [0, 0.05) is 35.2 Å². The molecule has 1 aliphatic carbocycles. The molecule has 2 amide bonds. The number of sulfonamides is 1. The zero-order valence-electron chi connectivity index (χ0n) is 18.5. The third-order valence-corrected chi connectivity index (χ3v) is 7.73. The molecule has 36 heavy (non-hydrogen) atoms. The van der Waals surface area contributed by atoms with Gasteiger partial charge in [-0.1, -0.05) is 29.8 Å². The lowest BCUT2D eigenvalue weighted by Crippen LogP contribution is -2.55. The Hall–Kier alpha value is -3.14. The molecular formula is C23H20ClF3N4O4S. The number of rotatable bonds is 6. The van der Waals surface area contributed by atoms with E-state index < -0.39 is 64.5 Å². The third kappa shape index (κ3) is 5.48. The summed E-state index contributed by atoms with van der Waals surface area (Å²) in [7, 11) is -3.76. The SMILES string of the molecule is N#Cc1cc(F)cc(N(C(=O)C2CCS(=O)(=O)N2)C(C(=O)NC2CC(F)(F)C2)c2ccccc2Cl)c1. The minimum absolute atomic E-state index is 0.0540. The average Bonchev–Trinajstić information content (AvgIpc) is 3.15. The van der Waals surface area contributed by atoms with Crippen LogP contribution in [0, 0.1) is 17.1 Å². The molecule has 8 nitrogen and oxygen atoms in total. The van der Waals surface area contributed by atoms with Gasteiger partial charge in [0.1, 0.15) is 17.9 Å². The van der Waals surface area contributed by atoms with Crippen molar-refractivity contribution >= 4 is 39.1 Å². The fourth-order valence-corrected chi connectivity index (χ4v) is 5.82. The molecule has 2 aromatic carbocycles. The van der Waals surface area contributed by atoms with Crippen molar-refractivity contribution in [2.24, 2.45) is 0 Å². The van der Waals surface area contributed by atoms with E-state index in [4.69, 9.17) is 11.6 Å². The molecule has 1 saturated heterocycles. The van der Waals surface area contributed by atoms with Gasteiger partial charge in [0.2, 0.25) is 21.8 Å². The molecular weight excluding hydrogens is 521 g/mol. The van der Waals surface area contributed by atoms with Gasteiger partial charge in [-0.25, -0.2) is 26.3 Å². The first-order valence-electron chi connectivity index (χ1n) is 10.9. The number of alkyl halides is 2. The Bertz CT molecular complexity index is 1360. The number of nitrogens with zero attached hydrogens (tertiary/aromatic N) is 2. The normalized spacial score (nSPS) is 21.1. The zero-order valence-corrected chi connectivity index (χ0v) is 20.1. The smallest absolute Gasteiger partial charge is 0.252 e. The fourth-order valence-electron chi connectivity index (χ4n) is 4.27. The van der Waals surface area contributed by atoms with Gasteiger partial charge in [-0.3, -0.25) is 14.5 Å². The van der Waals surface area contributed by atoms with Crippen LogP contribution >= 0.6 is 11.6 Å². The van der Waals surface area contributed by atoms with Crippen LogP contribution in [-0.4, -0.2) is 44.0 Å². The number of nitrogens with one attached hydrogen (secondary N) is 2. The standard InChI is InChI=1S/C23H20ClF3N4O4S/c24-18-4-2-1-3-17(18)20(21(32)29-15-10-23(26,27)11-15)31(16-8-13(12-28)7-14(25)9-16)22(33)19-5-6-36(34,35)30-19/h1-4,7-9,15,19-20,30H,5-6,10-11H2,(H,29,32). The van der Waals surface area contributed by atoms with Crippen molar-refractivity contribution in [2.45, 2.75) is 43.3 Å². The van der Waals surface area contributed by atoms with Crippen molar-refractivity contribution in [3.05, 3.63) is 64.4 Å². The van der Waals surface area contributed by atoms with Crippen LogP contribution < -0.4 is 14.9 Å². The molecule has 0 bridgehead atoms. The summed E-state index contributed by atoms with van der Waals surface area (Å²) in [6.07, 6.45) is -1.31. The highest BCUT2D eigenvalue weighted by molar-refractivity contribution is 7.89. The lowest BCUT2D eigenvalue weighted by Gasteiger charge is -2.38. The van der Waals surface area contributed by atoms with Gasteiger partial charge >= 0.3 is 0 Å². The maximum absolute atomic E-state index is 14.4. The summed E-state index contributed by atoms with van der Waals surface area (Å²) in [6.45, 7) is 0. The van der Waals surface area contributed by atoms with Crippen molar-refractivity contribution in [1.29, 1.82) is 5.26 Å². The van der Waals surface area contributed by atoms with Crippen molar-refractivity contribution in [3.8, 4) is 6.07 Å². The average molecular weight is 541 g/mol. The number of benzene rings is 2. The van der Waals surface area contributed by atoms with Crippen molar-refractivity contribution in [2.75, 3.05) is 10.7 Å². The number of carbonyl (C=O) groups is 2. The van der Waals surface area contributed by atoms with Crippen LogP contribution in [0.1, 0.15) is 36.4 Å². The molecule has 0 aromatic heterocycles. The number of nitriles is 1. The Kier molecular flexibility index (Phi) is 7.01. The van der Waals surface area contributed by atoms with E-state index >= 15 is 0 Å². The van der Waals surface area contributed by atoms with E-state index in [1.165, 1.54) is 24.3 Å². The highest BCUT2D eigenvalue weighted by atomic mass is 35.5. The molecule has 1 saturated carbocycles. The van der Waals surface area contributed by atoms with Crippen LogP contribution in [0.15, 0.2) is 42.5 Å². The van der Waals surface area contributed by atoms with Crippen LogP contribution in [0.5, 0.6) is 0 Å². The number of hydrogen-bond acceptors (Lipinski definition) is 5. The summed E-state index contributed by atoms with van der Waals surface area (Å²) in [5, 5.41) is 11.9. The van der Waals surface area contributed by atoms with Crippen LogP contribution in [0.4, 0.5) is 18.9 Å². The predicted octanol–water partition coefficient (Wildman–Crippen LogP) is 3.03. The van der Waals surface area contributed by atoms with Crippen LogP contribution in [0.25, 0.3) is 0 Å². The lowest BCUT2D eigenvalue weighted by atomic mass is 9.87. The molecule has 13 heteroatoms. The maximum atomic E-state index is 14.4. The lowest BCUT2D eigenvalue weighted by molar-refractivity contribution is -0.133. The monoisotopic (exact) mass is 540 g/mol. The van der Waals surface area contributed by atoms with Gasteiger partial charge in [0.05, 0.1) is 17.4 Å². The van der Waals surface area contributed by atoms with E-state index in [1.807, 2.05) is 0 Å². The summed E-state index contributed by atoms with van der Waals surface area (Å²) in [6, 6.07) is 7.01. The Balaban J connectivity index is 1.83. The molecule has 0 radical (unpaired) electrons. The van der Waals surface area contributed by atoms with Gasteiger partial charge in [0.25, 0.3) is 5.92 Å². The summed E-state index contributed by atoms with van der Waals surface area (Å²) in [5.74, 6) is -5.93. The number of anilines is 1. The van der Waals surface area contributed by atoms with Gasteiger partial charge in [-0.2, -0.15) is 5.26 Å². The molecule has 2 atom stereocenters. The van der Waals surface area contributed by atoms with Gasteiger partial charge in [-0.05, 0) is 30.7 Å². The van der Waals surface area contributed by atoms with Gasteiger partial charge < -0.3 is 5.32 Å². The Morgan fingerprint density at radius 3 is 2.50 bits per heavy atom. The van der Waals surface area contributed by atoms with E-state index in [0.717, 1.165) is 17.0 Å². The van der Waals surface area contributed by atoms with Crippen molar-refractivity contribution < 1.29 is 31.2 Å². The number of hydrogen-bond donors (Lipinski definition) is 2. The molecule has 190 valence electrons. The Labute approximate surface area is 210 Å². The minimum atomic E-state index is -3.76. The van der Waals surface area contributed by atoms with E-state index in [2.05, 4.69) is 10.0 Å². The summed E-state index contributed by atoms with van der Waals surface area (Å²) in [4.78, 5) is 28.1. The number of carbonyl (C=O) groups excluding carboxylic acids is 2. The highest BCUT2D eigenvalue weighted by Gasteiger charge is 2.48. The Morgan fingerprint density at radius 1 is 1.22 bits per heavy atom. The zero-order chi connectivity index (χ0) is 26.3. The molecule has 2 aliphatic rings. The summed E-state index contributed by atoms with van der Waals surface area (Å²) in [5.41, 5.74) is -0.270. The maximum Gasteiger partial charge on any atom is 0.252 e. The van der Waals surface area contributed by atoms with Crippen LogP contribution in [0.2, 0.25) is 5.02 Å². The van der Waals surface area contributed by atoms with E-state index in [0.29, 0.717) is 0 Å². The number of amides is 2. The first kappa shape index (κ1) is 25.9. The topological polar surface area (TPSA) is 119 Å². The summed E-state index contributed by atoms with van der Waals surface area (Å²) < 4.78 is 67.4. The third-order valence-electron chi connectivity index (χ3n) is 5.97. The molecule has 1 aliphatic heterocycles. The molecule has 2 N–H and O–H groups in total. The molecule has 2 aromatic rings. The van der Waals surface area contributed by atoms with Crippen molar-refractivity contribution in [3.63, 3.8) is 0 Å². The minimum Gasteiger partial charge on any atom is -0.351 e. The molecule has 1 heterocycles. The molecule has 4 rings (SSSR count). The fraction of sp³-hybridized carbons (Fsp3) is 0.348. The van der Waals surface area contributed by atoms with E-state index in [1.54, 1.807) is 12.1 Å². The second-order valence-corrected chi connectivity index (χ2v) is 11.0. The van der Waals surface area contributed by atoms with Gasteiger partial charge in [-0.15, -0.1) is 0 Å². The van der Waals surface area contributed by atoms with E-state index in [-0.39, 0.29) is 34.0 Å². The molecule has 2 unspecified atom stereocenters. The van der Waals surface area contributed by atoms with Gasteiger partial charge in [0.15, 0.2) is 0 Å². The second kappa shape index (κ2) is 9.72.